The van der Waals surface area contributed by atoms with E-state index < -0.39 is 5.82 Å². The molecule has 9 nitrogen and oxygen atoms in total. The van der Waals surface area contributed by atoms with Gasteiger partial charge in [-0.2, -0.15) is 10.2 Å². The Balaban J connectivity index is 1.16. The van der Waals surface area contributed by atoms with E-state index in [9.17, 15) is 9.18 Å². The molecule has 3 N–H and O–H groups in total. The molecule has 4 aromatic heterocycles. The van der Waals surface area contributed by atoms with E-state index in [4.69, 9.17) is 4.98 Å². The Morgan fingerprint density at radius 3 is 2.66 bits per heavy atom. The molecule has 4 aromatic rings. The number of carbonyl (C=O) groups is 1. The van der Waals surface area contributed by atoms with Crippen LogP contribution >= 0.6 is 0 Å². The first kappa shape index (κ1) is 22.7. The number of nitrogens with one attached hydrogen (secondary N) is 3. The molecule has 1 aliphatic carbocycles. The van der Waals surface area contributed by atoms with Crippen LogP contribution in [0.15, 0.2) is 48.9 Å². The highest BCUT2D eigenvalue weighted by atomic mass is 19.1. The number of hydrogen-bond acceptors (Lipinski definition) is 6. The Morgan fingerprint density at radius 2 is 2.00 bits per heavy atom. The van der Waals surface area contributed by atoms with E-state index in [1.807, 2.05) is 39.0 Å². The molecule has 0 aromatic carbocycles. The van der Waals surface area contributed by atoms with E-state index in [2.05, 4.69) is 37.0 Å². The van der Waals surface area contributed by atoms with Gasteiger partial charge < -0.3 is 10.6 Å². The molecule has 180 valence electrons. The SMILES string of the molecule is Cc1cc(Nc2cc(C)[nH]n2)nc([C@H]2C[C@@H](C(=O)N[C@@H](C)c3ccc(-n4cc(F)cn4)nc3)C2)c1. The molecule has 1 atom stereocenters. The molecule has 1 saturated carbocycles. The third-order valence-electron chi connectivity index (χ3n) is 6.29. The van der Waals surface area contributed by atoms with Crippen molar-refractivity contribution in [1.29, 1.82) is 0 Å². The molecule has 4 heterocycles. The maximum absolute atomic E-state index is 13.2. The minimum atomic E-state index is -0.420. The van der Waals surface area contributed by atoms with Gasteiger partial charge in [-0.15, -0.1) is 0 Å². The number of pyridine rings is 2. The second-order valence-electron chi connectivity index (χ2n) is 9.16. The van der Waals surface area contributed by atoms with Crippen LogP contribution in [0.25, 0.3) is 5.82 Å². The summed E-state index contributed by atoms with van der Waals surface area (Å²) >= 11 is 0. The highest BCUT2D eigenvalue weighted by Crippen LogP contribution is 2.42. The summed E-state index contributed by atoms with van der Waals surface area (Å²) in [6.45, 7) is 5.91. The summed E-state index contributed by atoms with van der Waals surface area (Å²) < 4.78 is 14.5. The van der Waals surface area contributed by atoms with Crippen molar-refractivity contribution >= 4 is 17.5 Å². The summed E-state index contributed by atoms with van der Waals surface area (Å²) in [5, 5.41) is 17.4. The zero-order valence-corrected chi connectivity index (χ0v) is 19.8. The highest BCUT2D eigenvalue weighted by molar-refractivity contribution is 5.80. The number of carbonyl (C=O) groups excluding carboxylic acids is 1. The minimum absolute atomic E-state index is 0.0324. The normalized spacial score (nSPS) is 18.1. The van der Waals surface area contributed by atoms with Gasteiger partial charge >= 0.3 is 0 Å². The molecule has 0 bridgehead atoms. The van der Waals surface area contributed by atoms with Crippen molar-refractivity contribution in [3.05, 3.63) is 77.3 Å². The van der Waals surface area contributed by atoms with Crippen LogP contribution in [-0.4, -0.2) is 35.9 Å². The molecule has 0 radical (unpaired) electrons. The fourth-order valence-corrected chi connectivity index (χ4v) is 4.28. The molecule has 0 saturated heterocycles. The molecular formula is C25H27FN8O. The van der Waals surface area contributed by atoms with Crippen LogP contribution in [0.4, 0.5) is 16.0 Å². The number of aromatic nitrogens is 6. The third-order valence-corrected chi connectivity index (χ3v) is 6.29. The van der Waals surface area contributed by atoms with Crippen molar-refractivity contribution in [1.82, 2.24) is 35.3 Å². The topological polar surface area (TPSA) is 113 Å². The predicted octanol–water partition coefficient (Wildman–Crippen LogP) is 4.26. The number of aromatic amines is 1. The van der Waals surface area contributed by atoms with E-state index in [-0.39, 0.29) is 23.8 Å². The maximum atomic E-state index is 13.2. The molecular weight excluding hydrogens is 447 g/mol. The van der Waals surface area contributed by atoms with Gasteiger partial charge in [-0.3, -0.25) is 9.89 Å². The van der Waals surface area contributed by atoms with E-state index in [0.717, 1.165) is 53.2 Å². The van der Waals surface area contributed by atoms with E-state index >= 15 is 0 Å². The fraction of sp³-hybridized carbons (Fsp3) is 0.320. The number of rotatable bonds is 7. The molecule has 0 spiro atoms. The Labute approximate surface area is 202 Å². The Hall–Kier alpha value is -4.08. The lowest BCUT2D eigenvalue weighted by Crippen LogP contribution is -2.39. The number of H-pyrrole nitrogens is 1. The second-order valence-corrected chi connectivity index (χ2v) is 9.16. The van der Waals surface area contributed by atoms with Crippen LogP contribution in [0.1, 0.15) is 54.2 Å². The van der Waals surface area contributed by atoms with Crippen LogP contribution in [0, 0.1) is 25.6 Å². The van der Waals surface area contributed by atoms with E-state index in [0.29, 0.717) is 5.82 Å². The van der Waals surface area contributed by atoms with Gasteiger partial charge in [-0.05, 0) is 62.9 Å². The molecule has 1 fully saturated rings. The maximum Gasteiger partial charge on any atom is 0.223 e. The highest BCUT2D eigenvalue weighted by Gasteiger charge is 2.36. The monoisotopic (exact) mass is 474 g/mol. The van der Waals surface area contributed by atoms with Crippen molar-refractivity contribution in [2.24, 2.45) is 5.92 Å². The number of aryl methyl sites for hydroxylation is 2. The largest absolute Gasteiger partial charge is 0.349 e. The number of halogens is 1. The molecule has 1 aliphatic rings. The lowest BCUT2D eigenvalue weighted by molar-refractivity contribution is -0.128. The third kappa shape index (κ3) is 5.06. The molecule has 5 rings (SSSR count). The van der Waals surface area contributed by atoms with Gasteiger partial charge in [0.05, 0.1) is 18.4 Å². The van der Waals surface area contributed by atoms with Gasteiger partial charge in [0.1, 0.15) is 5.82 Å². The van der Waals surface area contributed by atoms with E-state index in [1.54, 1.807) is 12.3 Å². The van der Waals surface area contributed by atoms with E-state index in [1.165, 1.54) is 10.9 Å². The summed E-state index contributed by atoms with van der Waals surface area (Å²) in [5.74, 6) is 1.81. The summed E-state index contributed by atoms with van der Waals surface area (Å²) in [7, 11) is 0. The van der Waals surface area contributed by atoms with Crippen LogP contribution in [0.2, 0.25) is 0 Å². The van der Waals surface area contributed by atoms with Crippen molar-refractivity contribution in [2.75, 3.05) is 5.32 Å². The predicted molar refractivity (Wildman–Crippen MR) is 129 cm³/mol. The average Bonchev–Trinajstić information content (AvgIpc) is 3.40. The fourth-order valence-electron chi connectivity index (χ4n) is 4.28. The van der Waals surface area contributed by atoms with Gasteiger partial charge in [-0.25, -0.2) is 19.0 Å². The smallest absolute Gasteiger partial charge is 0.223 e. The van der Waals surface area contributed by atoms with Gasteiger partial charge in [0.15, 0.2) is 17.5 Å². The molecule has 10 heteroatoms. The number of amides is 1. The zero-order valence-electron chi connectivity index (χ0n) is 19.8. The van der Waals surface area contributed by atoms with Crippen LogP contribution < -0.4 is 10.6 Å². The second kappa shape index (κ2) is 9.28. The molecule has 0 unspecified atom stereocenters. The molecule has 0 aliphatic heterocycles. The molecule has 35 heavy (non-hydrogen) atoms. The number of hydrogen-bond donors (Lipinski definition) is 3. The summed E-state index contributed by atoms with van der Waals surface area (Å²) in [4.78, 5) is 21.9. The summed E-state index contributed by atoms with van der Waals surface area (Å²) in [5.41, 5.74) is 3.95. The number of nitrogens with zero attached hydrogens (tertiary/aromatic N) is 5. The summed E-state index contributed by atoms with van der Waals surface area (Å²) in [6, 6.07) is 9.42. The Bertz CT molecular complexity index is 1340. The zero-order chi connectivity index (χ0) is 24.5. The standard InChI is InChI=1S/C25H27FN8O/c1-14-6-21(30-22(7-14)31-23-8-15(2)32-33-23)18-9-19(10-18)25(35)29-16(3)17-4-5-24(27-11-17)34-13-20(26)12-28-34/h4-8,11-13,16,18-19H,9-10H2,1-3H3,(H,29,35)(H2,30,31,32,33)/t16-,18-,19+/m0/s1. The van der Waals surface area contributed by atoms with Crippen LogP contribution in [-0.2, 0) is 4.79 Å². The Kier molecular flexibility index (Phi) is 6.02. The van der Waals surface area contributed by atoms with Crippen molar-refractivity contribution in [3.63, 3.8) is 0 Å². The van der Waals surface area contributed by atoms with Gasteiger partial charge in [-0.1, -0.05) is 6.07 Å². The van der Waals surface area contributed by atoms with Gasteiger partial charge in [0.25, 0.3) is 0 Å². The molecule has 1 amide bonds. The first-order chi connectivity index (χ1) is 16.8. The van der Waals surface area contributed by atoms with Gasteiger partial charge in [0.2, 0.25) is 5.91 Å². The average molecular weight is 475 g/mol. The Morgan fingerprint density at radius 1 is 1.17 bits per heavy atom. The summed E-state index contributed by atoms with van der Waals surface area (Å²) in [6.07, 6.45) is 5.60. The van der Waals surface area contributed by atoms with Crippen LogP contribution in [0.3, 0.4) is 0 Å². The van der Waals surface area contributed by atoms with Crippen molar-refractivity contribution in [2.45, 2.75) is 45.6 Å². The quantitative estimate of drug-likeness (QED) is 0.369. The lowest BCUT2D eigenvalue weighted by Gasteiger charge is -2.35. The van der Waals surface area contributed by atoms with Crippen molar-refractivity contribution in [3.8, 4) is 5.82 Å². The van der Waals surface area contributed by atoms with Crippen molar-refractivity contribution < 1.29 is 9.18 Å². The minimum Gasteiger partial charge on any atom is -0.349 e. The lowest BCUT2D eigenvalue weighted by atomic mass is 9.72. The number of anilines is 2. The van der Waals surface area contributed by atoms with Gasteiger partial charge in [0, 0.05) is 35.5 Å². The van der Waals surface area contributed by atoms with Crippen LogP contribution in [0.5, 0.6) is 0 Å². The first-order valence-electron chi connectivity index (χ1n) is 11.6. The first-order valence-corrected chi connectivity index (χ1v) is 11.6.